The fourth-order valence-electron chi connectivity index (χ4n) is 2.38. The maximum absolute atomic E-state index is 6.06. The van der Waals surface area contributed by atoms with Crippen LogP contribution in [0.5, 0.6) is 5.75 Å². The Morgan fingerprint density at radius 1 is 1.40 bits per heavy atom. The first-order valence-corrected chi connectivity index (χ1v) is 6.97. The van der Waals surface area contributed by atoms with Crippen molar-refractivity contribution in [3.63, 3.8) is 0 Å². The van der Waals surface area contributed by atoms with Gasteiger partial charge in [0.05, 0.1) is 24.2 Å². The summed E-state index contributed by atoms with van der Waals surface area (Å²) in [5.41, 5.74) is 8.12. The molecule has 1 atom stereocenters. The van der Waals surface area contributed by atoms with Gasteiger partial charge in [-0.15, -0.1) is 0 Å². The third-order valence-corrected chi connectivity index (χ3v) is 3.38. The van der Waals surface area contributed by atoms with E-state index in [1.165, 1.54) is 0 Å². The fraction of sp³-hybridized carbons (Fsp3) is 0.533. The van der Waals surface area contributed by atoms with Crippen molar-refractivity contribution in [2.75, 3.05) is 27.7 Å². The molecule has 0 saturated heterocycles. The van der Waals surface area contributed by atoms with Gasteiger partial charge in [-0.3, -0.25) is 0 Å². The van der Waals surface area contributed by atoms with Crippen LogP contribution in [0.15, 0.2) is 18.2 Å². The normalized spacial score (nSPS) is 13.1. The molecule has 0 bridgehead atoms. The van der Waals surface area contributed by atoms with E-state index in [9.17, 15) is 0 Å². The number of nitrogens with two attached hydrogens (primary N) is 1. The molecule has 5 nitrogen and oxygen atoms in total. The highest BCUT2D eigenvalue weighted by molar-refractivity contribution is 5.78. The highest BCUT2D eigenvalue weighted by Crippen LogP contribution is 2.24. The Hall–Kier alpha value is -1.59. The van der Waals surface area contributed by atoms with Gasteiger partial charge in [-0.05, 0) is 46.1 Å². The summed E-state index contributed by atoms with van der Waals surface area (Å²) >= 11 is 0. The van der Waals surface area contributed by atoms with E-state index in [1.807, 2.05) is 19.1 Å². The standard InChI is InChI=1S/C15H24N4O/c1-11(16)15-17-13-10-12(20-4)6-7-14(13)19(15)9-5-8-18(2)3/h6-7,10-11H,5,8-9,16H2,1-4H3. The van der Waals surface area contributed by atoms with Gasteiger partial charge in [0.15, 0.2) is 0 Å². The Kier molecular flexibility index (Phi) is 4.62. The fourth-order valence-corrected chi connectivity index (χ4v) is 2.38. The van der Waals surface area contributed by atoms with Crippen molar-refractivity contribution in [3.05, 3.63) is 24.0 Å². The zero-order chi connectivity index (χ0) is 14.7. The molecule has 0 radical (unpaired) electrons. The van der Waals surface area contributed by atoms with Crippen molar-refractivity contribution in [2.45, 2.75) is 25.9 Å². The van der Waals surface area contributed by atoms with E-state index in [0.717, 1.165) is 42.1 Å². The molecule has 0 aliphatic carbocycles. The van der Waals surface area contributed by atoms with Crippen molar-refractivity contribution in [2.24, 2.45) is 5.73 Å². The molecule has 2 aromatic rings. The SMILES string of the molecule is COc1ccc2c(c1)nc(C(C)N)n2CCCN(C)C. The summed E-state index contributed by atoms with van der Waals surface area (Å²) in [6, 6.07) is 5.91. The number of hydrogen-bond donors (Lipinski definition) is 1. The number of methoxy groups -OCH3 is 1. The number of aromatic nitrogens is 2. The average Bonchev–Trinajstić information content (AvgIpc) is 2.76. The average molecular weight is 276 g/mol. The van der Waals surface area contributed by atoms with Crippen molar-refractivity contribution >= 4 is 11.0 Å². The van der Waals surface area contributed by atoms with Gasteiger partial charge in [0.1, 0.15) is 11.6 Å². The van der Waals surface area contributed by atoms with Crippen molar-refractivity contribution < 1.29 is 4.74 Å². The Morgan fingerprint density at radius 2 is 2.15 bits per heavy atom. The highest BCUT2D eigenvalue weighted by atomic mass is 16.5. The maximum Gasteiger partial charge on any atom is 0.126 e. The zero-order valence-corrected chi connectivity index (χ0v) is 12.8. The number of rotatable bonds is 6. The summed E-state index contributed by atoms with van der Waals surface area (Å²) in [6.07, 6.45) is 1.07. The van der Waals surface area contributed by atoms with Gasteiger partial charge >= 0.3 is 0 Å². The first-order chi connectivity index (χ1) is 9.52. The van der Waals surface area contributed by atoms with E-state index in [-0.39, 0.29) is 6.04 Å². The molecule has 0 fully saturated rings. The zero-order valence-electron chi connectivity index (χ0n) is 12.8. The van der Waals surface area contributed by atoms with Crippen LogP contribution in [0.3, 0.4) is 0 Å². The summed E-state index contributed by atoms with van der Waals surface area (Å²) in [5, 5.41) is 0. The van der Waals surface area contributed by atoms with Crippen molar-refractivity contribution in [3.8, 4) is 5.75 Å². The summed E-state index contributed by atoms with van der Waals surface area (Å²) in [5.74, 6) is 1.76. The van der Waals surface area contributed by atoms with Gasteiger partial charge in [-0.1, -0.05) is 0 Å². The van der Waals surface area contributed by atoms with Crippen LogP contribution in [-0.4, -0.2) is 42.2 Å². The van der Waals surface area contributed by atoms with Crippen LogP contribution < -0.4 is 10.5 Å². The van der Waals surface area contributed by atoms with Crippen LogP contribution in [-0.2, 0) is 6.54 Å². The Bertz CT molecular complexity index is 575. The molecule has 0 aliphatic rings. The summed E-state index contributed by atoms with van der Waals surface area (Å²) in [4.78, 5) is 6.85. The number of benzene rings is 1. The molecule has 0 spiro atoms. The van der Waals surface area contributed by atoms with E-state index in [2.05, 4.69) is 34.6 Å². The lowest BCUT2D eigenvalue weighted by Crippen LogP contribution is -2.18. The minimum atomic E-state index is -0.0762. The molecule has 0 aliphatic heterocycles. The summed E-state index contributed by atoms with van der Waals surface area (Å²) in [7, 11) is 5.84. The predicted molar refractivity (Wildman–Crippen MR) is 82.1 cm³/mol. The molecule has 1 unspecified atom stereocenters. The topological polar surface area (TPSA) is 56.3 Å². The van der Waals surface area contributed by atoms with Crippen LogP contribution in [0.25, 0.3) is 11.0 Å². The van der Waals surface area contributed by atoms with Gasteiger partial charge in [0.25, 0.3) is 0 Å². The quantitative estimate of drug-likeness (QED) is 0.877. The third-order valence-electron chi connectivity index (χ3n) is 3.38. The lowest BCUT2D eigenvalue weighted by molar-refractivity contribution is 0.385. The predicted octanol–water partition coefficient (Wildman–Crippen LogP) is 2.02. The van der Waals surface area contributed by atoms with E-state index < -0.39 is 0 Å². The van der Waals surface area contributed by atoms with Crippen LogP contribution in [0.1, 0.15) is 25.2 Å². The molecule has 5 heteroatoms. The van der Waals surface area contributed by atoms with Crippen LogP contribution >= 0.6 is 0 Å². The van der Waals surface area contributed by atoms with Gasteiger partial charge in [-0.25, -0.2) is 4.98 Å². The summed E-state index contributed by atoms with van der Waals surface area (Å²) < 4.78 is 7.48. The minimum absolute atomic E-state index is 0.0762. The van der Waals surface area contributed by atoms with E-state index >= 15 is 0 Å². The second-order valence-electron chi connectivity index (χ2n) is 5.42. The van der Waals surface area contributed by atoms with Crippen LogP contribution in [0.2, 0.25) is 0 Å². The lowest BCUT2D eigenvalue weighted by atomic mass is 10.3. The van der Waals surface area contributed by atoms with E-state index in [1.54, 1.807) is 7.11 Å². The molecule has 1 aromatic heterocycles. The van der Waals surface area contributed by atoms with E-state index in [4.69, 9.17) is 10.5 Å². The Labute approximate surface area is 120 Å². The van der Waals surface area contributed by atoms with Crippen molar-refractivity contribution in [1.29, 1.82) is 0 Å². The van der Waals surface area contributed by atoms with Gasteiger partial charge in [0, 0.05) is 12.6 Å². The van der Waals surface area contributed by atoms with Gasteiger partial charge in [0.2, 0.25) is 0 Å². The molecule has 1 heterocycles. The Balaban J connectivity index is 2.36. The van der Waals surface area contributed by atoms with Gasteiger partial charge < -0.3 is 19.9 Å². The number of hydrogen-bond acceptors (Lipinski definition) is 4. The molecule has 0 saturated carbocycles. The molecule has 1 aromatic carbocycles. The molecule has 2 rings (SSSR count). The molecule has 2 N–H and O–H groups in total. The first kappa shape index (κ1) is 14.8. The molecular formula is C15H24N4O. The monoisotopic (exact) mass is 276 g/mol. The summed E-state index contributed by atoms with van der Waals surface area (Å²) in [6.45, 7) is 3.95. The maximum atomic E-state index is 6.06. The number of nitrogens with zero attached hydrogens (tertiary/aromatic N) is 3. The lowest BCUT2D eigenvalue weighted by Gasteiger charge is -2.13. The largest absolute Gasteiger partial charge is 0.497 e. The second kappa shape index (κ2) is 6.24. The van der Waals surface area contributed by atoms with E-state index in [0.29, 0.717) is 0 Å². The number of ether oxygens (including phenoxy) is 1. The Morgan fingerprint density at radius 3 is 2.75 bits per heavy atom. The highest BCUT2D eigenvalue weighted by Gasteiger charge is 2.14. The number of fused-ring (bicyclic) bond motifs is 1. The van der Waals surface area contributed by atoms with Crippen LogP contribution in [0, 0.1) is 0 Å². The molecule has 110 valence electrons. The van der Waals surface area contributed by atoms with Gasteiger partial charge in [-0.2, -0.15) is 0 Å². The minimum Gasteiger partial charge on any atom is -0.497 e. The second-order valence-corrected chi connectivity index (χ2v) is 5.42. The third kappa shape index (κ3) is 3.11. The molecular weight excluding hydrogens is 252 g/mol. The first-order valence-electron chi connectivity index (χ1n) is 6.97. The number of imidazole rings is 1. The van der Waals surface area contributed by atoms with Crippen LogP contribution in [0.4, 0.5) is 0 Å². The molecule has 20 heavy (non-hydrogen) atoms. The van der Waals surface area contributed by atoms with Crippen molar-refractivity contribution in [1.82, 2.24) is 14.5 Å². The molecule has 0 amide bonds. The smallest absolute Gasteiger partial charge is 0.126 e. The number of aryl methyl sites for hydroxylation is 1.